The average Bonchev–Trinajstić information content (AvgIpc) is 2.75. The first-order valence-corrected chi connectivity index (χ1v) is 6.95. The van der Waals surface area contributed by atoms with E-state index in [4.69, 9.17) is 28.5 Å². The summed E-state index contributed by atoms with van der Waals surface area (Å²) in [6.45, 7) is 2.09. The number of hydrogen-bond donors (Lipinski definition) is 0. The molecule has 19 heavy (non-hydrogen) atoms. The minimum atomic E-state index is 0.352. The van der Waals surface area contributed by atoms with E-state index < -0.39 is 0 Å². The molecule has 0 saturated heterocycles. The molecule has 1 aromatic carbocycles. The lowest BCUT2D eigenvalue weighted by atomic mass is 10.2. The maximum atomic E-state index is 8.79. The van der Waals surface area contributed by atoms with E-state index >= 15 is 0 Å². The standard InChI is InChI=1S/C14H13Cl2N3/c1-2-3-13-12(8-15)14(16)19(18-13)11-6-4-10(9-17)5-7-11/h4-7H,2-3,8H2,1H3. The first-order valence-electron chi connectivity index (χ1n) is 6.04. The number of halogens is 2. The molecule has 1 aromatic heterocycles. The van der Waals surface area contributed by atoms with Gasteiger partial charge in [-0.1, -0.05) is 24.9 Å². The number of hydrogen-bond acceptors (Lipinski definition) is 2. The lowest BCUT2D eigenvalue weighted by Gasteiger charge is -2.02. The Bertz CT molecular complexity index is 609. The van der Waals surface area contributed by atoms with E-state index in [-0.39, 0.29) is 0 Å². The summed E-state index contributed by atoms with van der Waals surface area (Å²) in [5.41, 5.74) is 3.26. The van der Waals surface area contributed by atoms with Crippen LogP contribution < -0.4 is 0 Å². The molecule has 5 heteroatoms. The van der Waals surface area contributed by atoms with Gasteiger partial charge in [0, 0.05) is 5.56 Å². The summed E-state index contributed by atoms with van der Waals surface area (Å²) >= 11 is 12.3. The topological polar surface area (TPSA) is 41.6 Å². The van der Waals surface area contributed by atoms with Crippen LogP contribution in [0.2, 0.25) is 5.15 Å². The van der Waals surface area contributed by atoms with Gasteiger partial charge in [0.1, 0.15) is 5.15 Å². The van der Waals surface area contributed by atoms with Crippen molar-refractivity contribution < 1.29 is 0 Å². The number of rotatable bonds is 4. The van der Waals surface area contributed by atoms with E-state index in [0.29, 0.717) is 16.6 Å². The van der Waals surface area contributed by atoms with Crippen LogP contribution in [-0.2, 0) is 12.3 Å². The van der Waals surface area contributed by atoms with Gasteiger partial charge in [0.05, 0.1) is 28.9 Å². The largest absolute Gasteiger partial charge is 0.222 e. The highest BCUT2D eigenvalue weighted by molar-refractivity contribution is 6.31. The van der Waals surface area contributed by atoms with E-state index in [0.717, 1.165) is 29.8 Å². The average molecular weight is 294 g/mol. The first-order chi connectivity index (χ1) is 9.21. The number of benzene rings is 1. The van der Waals surface area contributed by atoms with E-state index in [1.807, 2.05) is 12.1 Å². The molecule has 0 fully saturated rings. The van der Waals surface area contributed by atoms with Gasteiger partial charge in [-0.2, -0.15) is 10.4 Å². The number of nitriles is 1. The summed E-state index contributed by atoms with van der Waals surface area (Å²) in [7, 11) is 0. The molecule has 0 aliphatic heterocycles. The van der Waals surface area contributed by atoms with Gasteiger partial charge < -0.3 is 0 Å². The van der Waals surface area contributed by atoms with E-state index in [1.54, 1.807) is 16.8 Å². The highest BCUT2D eigenvalue weighted by Gasteiger charge is 2.15. The summed E-state index contributed by atoms with van der Waals surface area (Å²) in [4.78, 5) is 0. The molecule has 0 aliphatic carbocycles. The number of aryl methyl sites for hydroxylation is 1. The van der Waals surface area contributed by atoms with Gasteiger partial charge in [-0.3, -0.25) is 0 Å². The Balaban J connectivity index is 2.46. The van der Waals surface area contributed by atoms with Crippen LogP contribution >= 0.6 is 23.2 Å². The Morgan fingerprint density at radius 3 is 2.53 bits per heavy atom. The molecule has 1 heterocycles. The van der Waals surface area contributed by atoms with Crippen molar-refractivity contribution in [3.63, 3.8) is 0 Å². The van der Waals surface area contributed by atoms with Crippen LogP contribution in [-0.4, -0.2) is 9.78 Å². The van der Waals surface area contributed by atoms with Gasteiger partial charge in [0.25, 0.3) is 0 Å². The van der Waals surface area contributed by atoms with Crippen molar-refractivity contribution in [2.45, 2.75) is 25.6 Å². The van der Waals surface area contributed by atoms with Crippen LogP contribution in [0.1, 0.15) is 30.2 Å². The van der Waals surface area contributed by atoms with Crippen molar-refractivity contribution in [3.8, 4) is 11.8 Å². The minimum absolute atomic E-state index is 0.352. The molecule has 0 unspecified atom stereocenters. The Hall–Kier alpha value is -1.50. The van der Waals surface area contributed by atoms with Crippen LogP contribution in [0, 0.1) is 11.3 Å². The molecule has 3 nitrogen and oxygen atoms in total. The molecule has 2 aromatic rings. The van der Waals surface area contributed by atoms with Crippen LogP contribution in [0.15, 0.2) is 24.3 Å². The number of nitrogens with zero attached hydrogens (tertiary/aromatic N) is 3. The van der Waals surface area contributed by atoms with E-state index in [9.17, 15) is 0 Å². The van der Waals surface area contributed by atoms with Crippen LogP contribution in [0.5, 0.6) is 0 Å². The fourth-order valence-corrected chi connectivity index (χ4v) is 2.55. The predicted octanol–water partition coefficient (Wildman–Crippen LogP) is 4.09. The third-order valence-electron chi connectivity index (χ3n) is 2.87. The Kier molecular flexibility index (Phi) is 4.47. The van der Waals surface area contributed by atoms with Gasteiger partial charge in [-0.15, -0.1) is 11.6 Å². The Labute approximate surface area is 122 Å². The molecule has 0 spiro atoms. The molecule has 0 bridgehead atoms. The third-order valence-corrected chi connectivity index (χ3v) is 3.52. The van der Waals surface area contributed by atoms with Crippen molar-refractivity contribution >= 4 is 23.2 Å². The van der Waals surface area contributed by atoms with Gasteiger partial charge in [0.15, 0.2) is 0 Å². The van der Waals surface area contributed by atoms with Gasteiger partial charge >= 0.3 is 0 Å². The van der Waals surface area contributed by atoms with Crippen molar-refractivity contribution in [1.29, 1.82) is 5.26 Å². The molecule has 98 valence electrons. The normalized spacial score (nSPS) is 10.4. The summed E-state index contributed by atoms with van der Waals surface area (Å²) in [6, 6.07) is 9.22. The van der Waals surface area contributed by atoms with Crippen molar-refractivity contribution in [3.05, 3.63) is 46.2 Å². The van der Waals surface area contributed by atoms with Crippen LogP contribution in [0.3, 0.4) is 0 Å². The fourth-order valence-electron chi connectivity index (χ4n) is 1.89. The molecule has 0 atom stereocenters. The zero-order chi connectivity index (χ0) is 13.8. The van der Waals surface area contributed by atoms with Crippen LogP contribution in [0.4, 0.5) is 0 Å². The highest BCUT2D eigenvalue weighted by atomic mass is 35.5. The predicted molar refractivity (Wildman–Crippen MR) is 76.8 cm³/mol. The lowest BCUT2D eigenvalue weighted by molar-refractivity contribution is 0.805. The number of aromatic nitrogens is 2. The monoisotopic (exact) mass is 293 g/mol. The highest BCUT2D eigenvalue weighted by Crippen LogP contribution is 2.26. The second-order valence-corrected chi connectivity index (χ2v) is 4.80. The Morgan fingerprint density at radius 1 is 1.32 bits per heavy atom. The molecule has 0 aliphatic rings. The maximum absolute atomic E-state index is 8.79. The molecule has 0 radical (unpaired) electrons. The quantitative estimate of drug-likeness (QED) is 0.797. The summed E-state index contributed by atoms with van der Waals surface area (Å²) in [6.07, 6.45) is 1.84. The van der Waals surface area contributed by atoms with Crippen molar-refractivity contribution in [2.75, 3.05) is 0 Å². The second-order valence-electron chi connectivity index (χ2n) is 4.17. The van der Waals surface area contributed by atoms with Crippen LogP contribution in [0.25, 0.3) is 5.69 Å². The van der Waals surface area contributed by atoms with E-state index in [2.05, 4.69) is 18.1 Å². The van der Waals surface area contributed by atoms with E-state index in [1.165, 1.54) is 0 Å². The van der Waals surface area contributed by atoms with Crippen molar-refractivity contribution in [2.24, 2.45) is 0 Å². The molecule has 0 saturated carbocycles. The fraction of sp³-hybridized carbons (Fsp3) is 0.286. The number of alkyl halides is 1. The SMILES string of the molecule is CCCc1nn(-c2ccc(C#N)cc2)c(Cl)c1CCl. The van der Waals surface area contributed by atoms with Gasteiger partial charge in [0.2, 0.25) is 0 Å². The third kappa shape index (κ3) is 2.75. The maximum Gasteiger partial charge on any atom is 0.137 e. The second kappa shape index (κ2) is 6.10. The summed E-state index contributed by atoms with van der Waals surface area (Å²) in [5.74, 6) is 0.352. The molecular formula is C14H13Cl2N3. The molecule has 2 rings (SSSR count). The molecule has 0 amide bonds. The summed E-state index contributed by atoms with van der Waals surface area (Å²) < 4.78 is 1.67. The van der Waals surface area contributed by atoms with Gasteiger partial charge in [-0.25, -0.2) is 4.68 Å². The first kappa shape index (κ1) is 13.9. The summed E-state index contributed by atoms with van der Waals surface area (Å²) in [5, 5.41) is 13.9. The minimum Gasteiger partial charge on any atom is -0.222 e. The zero-order valence-electron chi connectivity index (χ0n) is 10.5. The molecule has 0 N–H and O–H groups in total. The zero-order valence-corrected chi connectivity index (χ0v) is 12.0. The Morgan fingerprint density at radius 2 is 2.00 bits per heavy atom. The lowest BCUT2D eigenvalue weighted by Crippen LogP contribution is -1.97. The van der Waals surface area contributed by atoms with Crippen molar-refractivity contribution in [1.82, 2.24) is 9.78 Å². The smallest absolute Gasteiger partial charge is 0.137 e. The van der Waals surface area contributed by atoms with Gasteiger partial charge in [-0.05, 0) is 30.7 Å². The molecular weight excluding hydrogens is 281 g/mol.